The van der Waals surface area contributed by atoms with Crippen molar-refractivity contribution in [3.8, 4) is 6.07 Å². The molecule has 0 amide bonds. The molecule has 0 bridgehead atoms. The van der Waals surface area contributed by atoms with Crippen LogP contribution in [0.15, 0.2) is 30.3 Å². The first-order valence-corrected chi connectivity index (χ1v) is 6.95. The molecule has 1 aliphatic carbocycles. The van der Waals surface area contributed by atoms with Gasteiger partial charge in [-0.05, 0) is 37.9 Å². The smallest absolute Gasteiger partial charge is 0.144 e. The van der Waals surface area contributed by atoms with Crippen LogP contribution in [0.2, 0.25) is 0 Å². The molecule has 3 atom stereocenters. The van der Waals surface area contributed by atoms with Crippen molar-refractivity contribution in [3.63, 3.8) is 0 Å². The molecule has 3 unspecified atom stereocenters. The van der Waals surface area contributed by atoms with Gasteiger partial charge in [-0.3, -0.25) is 5.32 Å². The summed E-state index contributed by atoms with van der Waals surface area (Å²) >= 11 is 0. The molecule has 1 fully saturated rings. The summed E-state index contributed by atoms with van der Waals surface area (Å²) in [7, 11) is 3.97. The van der Waals surface area contributed by atoms with E-state index in [9.17, 15) is 5.26 Å². The van der Waals surface area contributed by atoms with Gasteiger partial charge in [0.15, 0.2) is 0 Å². The summed E-state index contributed by atoms with van der Waals surface area (Å²) in [4.78, 5) is 2.28. The average molecular weight is 257 g/mol. The zero-order valence-electron chi connectivity index (χ0n) is 12.1. The van der Waals surface area contributed by atoms with E-state index in [0.29, 0.717) is 6.54 Å². The molecule has 0 radical (unpaired) electrons. The predicted molar refractivity (Wildman–Crippen MR) is 77.6 cm³/mol. The second-order valence-corrected chi connectivity index (χ2v) is 5.80. The topological polar surface area (TPSA) is 39.1 Å². The number of hydrogen-bond acceptors (Lipinski definition) is 3. The highest BCUT2D eigenvalue weighted by Gasteiger charge is 2.36. The Labute approximate surface area is 116 Å². The Balaban J connectivity index is 2.09. The van der Waals surface area contributed by atoms with Gasteiger partial charge in [-0.25, -0.2) is 0 Å². The molecule has 1 aliphatic rings. The minimum absolute atomic E-state index is 0.617. The molecule has 0 spiro atoms. The first-order valence-electron chi connectivity index (χ1n) is 6.95. The van der Waals surface area contributed by atoms with E-state index < -0.39 is 5.54 Å². The van der Waals surface area contributed by atoms with Gasteiger partial charge in [0.05, 0.1) is 6.07 Å². The van der Waals surface area contributed by atoms with Gasteiger partial charge in [-0.2, -0.15) is 5.26 Å². The highest BCUT2D eigenvalue weighted by atomic mass is 15.1. The fourth-order valence-corrected chi connectivity index (χ4v) is 2.72. The van der Waals surface area contributed by atoms with Gasteiger partial charge in [0.1, 0.15) is 5.54 Å². The number of nitrogens with zero attached hydrogens (tertiary/aromatic N) is 2. The van der Waals surface area contributed by atoms with Gasteiger partial charge >= 0.3 is 0 Å². The monoisotopic (exact) mass is 257 g/mol. The molecule has 19 heavy (non-hydrogen) atoms. The van der Waals surface area contributed by atoms with Crippen molar-refractivity contribution in [1.29, 1.82) is 5.26 Å². The van der Waals surface area contributed by atoms with E-state index in [1.807, 2.05) is 37.4 Å². The van der Waals surface area contributed by atoms with Crippen LogP contribution in [0.4, 0.5) is 0 Å². The Bertz CT molecular complexity index is 451. The van der Waals surface area contributed by atoms with Crippen molar-refractivity contribution in [3.05, 3.63) is 35.9 Å². The van der Waals surface area contributed by atoms with E-state index in [0.717, 1.165) is 23.9 Å². The maximum Gasteiger partial charge on any atom is 0.144 e. The summed E-state index contributed by atoms with van der Waals surface area (Å²) in [6.45, 7) is 4.09. The lowest BCUT2D eigenvalue weighted by Crippen LogP contribution is -2.48. The fraction of sp³-hybridized carbons (Fsp3) is 0.562. The van der Waals surface area contributed by atoms with Gasteiger partial charge in [0, 0.05) is 13.1 Å². The molecule has 102 valence electrons. The second-order valence-electron chi connectivity index (χ2n) is 5.80. The Morgan fingerprint density at radius 2 is 2.05 bits per heavy atom. The van der Waals surface area contributed by atoms with Crippen LogP contribution in [0.1, 0.15) is 18.9 Å². The van der Waals surface area contributed by atoms with Crippen LogP contribution in [-0.4, -0.2) is 32.1 Å². The van der Waals surface area contributed by atoms with Gasteiger partial charge in [-0.1, -0.05) is 37.3 Å². The third-order valence-corrected chi connectivity index (χ3v) is 4.21. The molecule has 1 saturated carbocycles. The van der Waals surface area contributed by atoms with E-state index in [1.165, 1.54) is 6.42 Å². The molecular weight excluding hydrogens is 234 g/mol. The van der Waals surface area contributed by atoms with Crippen LogP contribution < -0.4 is 5.32 Å². The molecule has 1 aromatic carbocycles. The maximum absolute atomic E-state index is 9.64. The first-order chi connectivity index (χ1) is 9.11. The Morgan fingerprint density at radius 1 is 1.42 bits per heavy atom. The summed E-state index contributed by atoms with van der Waals surface area (Å²) in [6, 6.07) is 12.5. The standard InChI is InChI=1S/C16H23N3/c1-13-9-14(13)10-19(3)12-16(11-17,18-2)15-7-5-4-6-8-15/h4-8,13-14,18H,9-10,12H2,1-3H3. The molecule has 0 aliphatic heterocycles. The molecule has 3 heteroatoms. The zero-order valence-corrected chi connectivity index (χ0v) is 12.1. The predicted octanol–water partition coefficient (Wildman–Crippen LogP) is 2.21. The van der Waals surface area contributed by atoms with Crippen molar-refractivity contribution in [1.82, 2.24) is 10.2 Å². The van der Waals surface area contributed by atoms with E-state index in [4.69, 9.17) is 0 Å². The molecule has 1 aromatic rings. The fourth-order valence-electron chi connectivity index (χ4n) is 2.72. The van der Waals surface area contributed by atoms with Crippen LogP contribution in [-0.2, 0) is 5.54 Å². The van der Waals surface area contributed by atoms with Crippen LogP contribution in [0, 0.1) is 23.2 Å². The summed E-state index contributed by atoms with van der Waals surface area (Å²) in [5.74, 6) is 1.67. The molecule has 3 nitrogen and oxygen atoms in total. The molecule has 2 rings (SSSR count). The highest BCUT2D eigenvalue weighted by Crippen LogP contribution is 2.38. The Kier molecular flexibility index (Phi) is 4.24. The van der Waals surface area contributed by atoms with Crippen molar-refractivity contribution in [2.45, 2.75) is 18.9 Å². The minimum Gasteiger partial charge on any atom is -0.303 e. The summed E-state index contributed by atoms with van der Waals surface area (Å²) in [5, 5.41) is 12.9. The van der Waals surface area contributed by atoms with Crippen molar-refractivity contribution in [2.24, 2.45) is 11.8 Å². The van der Waals surface area contributed by atoms with Crippen LogP contribution in [0.3, 0.4) is 0 Å². The Morgan fingerprint density at radius 3 is 2.53 bits per heavy atom. The number of rotatable bonds is 6. The summed E-state index contributed by atoms with van der Waals surface area (Å²) < 4.78 is 0. The highest BCUT2D eigenvalue weighted by molar-refractivity contribution is 5.31. The number of benzene rings is 1. The molecule has 1 N–H and O–H groups in total. The van der Waals surface area contributed by atoms with Crippen molar-refractivity contribution >= 4 is 0 Å². The first kappa shape index (κ1) is 14.0. The van der Waals surface area contributed by atoms with Gasteiger partial charge in [0.2, 0.25) is 0 Å². The summed E-state index contributed by atoms with van der Waals surface area (Å²) in [5.41, 5.74) is 0.421. The van der Waals surface area contributed by atoms with E-state index in [-0.39, 0.29) is 0 Å². The number of nitriles is 1. The number of nitrogens with one attached hydrogen (secondary N) is 1. The van der Waals surface area contributed by atoms with Crippen LogP contribution in [0.5, 0.6) is 0 Å². The maximum atomic E-state index is 9.64. The lowest BCUT2D eigenvalue weighted by Gasteiger charge is -2.31. The van der Waals surface area contributed by atoms with Crippen molar-refractivity contribution in [2.75, 3.05) is 27.2 Å². The molecule has 0 saturated heterocycles. The minimum atomic E-state index is -0.617. The molecular formula is C16H23N3. The van der Waals surface area contributed by atoms with Crippen LogP contribution in [0.25, 0.3) is 0 Å². The van der Waals surface area contributed by atoms with Gasteiger partial charge in [0.25, 0.3) is 0 Å². The second kappa shape index (κ2) is 5.73. The third-order valence-electron chi connectivity index (χ3n) is 4.21. The third kappa shape index (κ3) is 3.15. The average Bonchev–Trinajstić information content (AvgIpc) is 3.12. The molecule has 0 aromatic heterocycles. The van der Waals surface area contributed by atoms with Crippen LogP contribution >= 0.6 is 0 Å². The summed E-state index contributed by atoms with van der Waals surface area (Å²) in [6.07, 6.45) is 1.33. The van der Waals surface area contributed by atoms with Crippen molar-refractivity contribution < 1.29 is 0 Å². The Hall–Kier alpha value is -1.37. The number of hydrogen-bond donors (Lipinski definition) is 1. The SMILES string of the molecule is CNC(C#N)(CN(C)CC1CC1C)c1ccccc1. The lowest BCUT2D eigenvalue weighted by atomic mass is 9.91. The van der Waals surface area contributed by atoms with E-state index >= 15 is 0 Å². The molecule has 0 heterocycles. The van der Waals surface area contributed by atoms with Gasteiger partial charge < -0.3 is 4.90 Å². The zero-order chi connectivity index (χ0) is 13.9. The lowest BCUT2D eigenvalue weighted by molar-refractivity contribution is 0.247. The normalized spacial score (nSPS) is 24.8. The van der Waals surface area contributed by atoms with Gasteiger partial charge in [-0.15, -0.1) is 0 Å². The quantitative estimate of drug-likeness (QED) is 0.849. The van der Waals surface area contributed by atoms with E-state index in [2.05, 4.69) is 30.3 Å². The van der Waals surface area contributed by atoms with E-state index in [1.54, 1.807) is 0 Å². The largest absolute Gasteiger partial charge is 0.303 e. The number of likely N-dealkylation sites (N-methyl/N-ethyl adjacent to an activating group) is 2.